The minimum absolute atomic E-state index is 0.227. The molecule has 0 radical (unpaired) electrons. The number of alkyl halides is 2. The molecule has 1 N–H and O–H groups in total. The van der Waals surface area contributed by atoms with E-state index in [1.54, 1.807) is 6.92 Å². The van der Waals surface area contributed by atoms with Crippen molar-refractivity contribution in [2.45, 2.75) is 17.2 Å². The van der Waals surface area contributed by atoms with E-state index >= 15 is 0 Å². The fourth-order valence-corrected chi connectivity index (χ4v) is 2.74. The third-order valence-electron chi connectivity index (χ3n) is 1.14. The predicted molar refractivity (Wildman–Crippen MR) is 47.4 cm³/mol. The van der Waals surface area contributed by atoms with Crippen molar-refractivity contribution in [1.29, 1.82) is 0 Å². The summed E-state index contributed by atoms with van der Waals surface area (Å²) in [7, 11) is -10.5. The van der Waals surface area contributed by atoms with Crippen LogP contribution in [0, 0.1) is 0 Å². The van der Waals surface area contributed by atoms with E-state index < -0.39 is 19.4 Å². The molecule has 0 aliphatic heterocycles. The lowest BCUT2D eigenvalue weighted by Gasteiger charge is -2.49. The number of hydrogen-bond donors (Lipinski definition) is 1. The molecule has 1 unspecified atom stereocenters. The lowest BCUT2D eigenvalue weighted by atomic mass is 10.5. The molecule has 6 nitrogen and oxygen atoms in total. The van der Waals surface area contributed by atoms with E-state index in [1.165, 1.54) is 0 Å². The molecule has 0 bridgehead atoms. The maximum absolute atomic E-state index is 11.1. The Balaban J connectivity index is 4.80. The molecule has 1 atom stereocenters. The van der Waals surface area contributed by atoms with Crippen molar-refractivity contribution >= 4 is 38.7 Å². The Morgan fingerprint density at radius 1 is 1.50 bits per heavy atom. The first-order chi connectivity index (χ1) is 6.06. The van der Waals surface area contributed by atoms with Gasteiger partial charge in [-0.1, -0.05) is 6.92 Å². The molecule has 0 aromatic carbocycles. The van der Waals surface area contributed by atoms with E-state index in [0.29, 0.717) is 6.42 Å². The monoisotopic (exact) mass is 284 g/mol. The highest BCUT2D eigenvalue weighted by Gasteiger charge is 2.53. The largest absolute Gasteiger partial charge is 0.685 e. The molecule has 0 aromatic rings. The van der Waals surface area contributed by atoms with Crippen molar-refractivity contribution < 1.29 is 28.7 Å². The zero-order valence-electron chi connectivity index (χ0n) is 7.05. The van der Waals surface area contributed by atoms with Crippen molar-refractivity contribution in [2.24, 2.45) is 0 Å². The smallest absolute Gasteiger partial charge is 0.401 e. The van der Waals surface area contributed by atoms with Crippen LogP contribution in [0.4, 0.5) is 0 Å². The molecular formula is C4H8Cl2O6P2-2. The SMILES string of the molecule is CCCOP(=O)(O)C(Cl)(Cl)[P+]([O-])([O-])[O-]. The van der Waals surface area contributed by atoms with E-state index in [1.807, 2.05) is 0 Å². The minimum Gasteiger partial charge on any atom is -0.685 e. The normalized spacial score (nSPS) is 17.9. The van der Waals surface area contributed by atoms with Gasteiger partial charge < -0.3 is 24.1 Å². The maximum Gasteiger partial charge on any atom is 0.401 e. The molecule has 0 rings (SSSR count). The van der Waals surface area contributed by atoms with Gasteiger partial charge in [0.15, 0.2) is 0 Å². The van der Waals surface area contributed by atoms with Gasteiger partial charge in [0.1, 0.15) is 0 Å². The molecular weight excluding hydrogens is 277 g/mol. The Morgan fingerprint density at radius 2 is 1.93 bits per heavy atom. The van der Waals surface area contributed by atoms with Crippen molar-refractivity contribution in [3.8, 4) is 0 Å². The Bertz CT molecular complexity index is 238. The average molecular weight is 285 g/mol. The third kappa shape index (κ3) is 3.27. The molecule has 0 saturated heterocycles. The Hall–Kier alpha value is 1.04. The standard InChI is InChI=1S/C4H10Cl2O6P2/c1-2-3-12-14(10,11)4(5,6)13(7,8)9/h2-3H2,1H3,(H,10,11)(H2,7,8,9)/p-2. The second-order valence-corrected chi connectivity index (χ2v) is 8.73. The van der Waals surface area contributed by atoms with Gasteiger partial charge in [0.25, 0.3) is 0 Å². The zero-order valence-corrected chi connectivity index (χ0v) is 10.4. The molecule has 0 heterocycles. The summed E-state index contributed by atoms with van der Waals surface area (Å²) in [5.74, 6) is 0. The third-order valence-corrected chi connectivity index (χ3v) is 7.03. The lowest BCUT2D eigenvalue weighted by molar-refractivity contribution is -0.428. The summed E-state index contributed by atoms with van der Waals surface area (Å²) in [5, 5.41) is 0. The summed E-state index contributed by atoms with van der Waals surface area (Å²) >= 11 is 9.96. The van der Waals surface area contributed by atoms with Gasteiger partial charge in [-0.05, 0) is 29.6 Å². The van der Waals surface area contributed by atoms with Crippen LogP contribution in [0.25, 0.3) is 0 Å². The highest BCUT2D eigenvalue weighted by atomic mass is 35.5. The highest BCUT2D eigenvalue weighted by molar-refractivity contribution is 7.80. The van der Waals surface area contributed by atoms with Crippen LogP contribution in [0.3, 0.4) is 0 Å². The summed E-state index contributed by atoms with van der Waals surface area (Å²) in [5.41, 5.74) is 0. The summed E-state index contributed by atoms with van der Waals surface area (Å²) in [6, 6.07) is 0. The van der Waals surface area contributed by atoms with Gasteiger partial charge in [-0.2, -0.15) is 0 Å². The van der Waals surface area contributed by atoms with E-state index in [4.69, 9.17) is 28.1 Å². The molecule has 0 amide bonds. The van der Waals surface area contributed by atoms with Crippen molar-refractivity contribution in [2.75, 3.05) is 6.61 Å². The Labute approximate surface area is 91.5 Å². The highest BCUT2D eigenvalue weighted by Crippen LogP contribution is 2.74. The van der Waals surface area contributed by atoms with Crippen LogP contribution in [0.1, 0.15) is 13.3 Å². The van der Waals surface area contributed by atoms with Crippen LogP contribution in [-0.4, -0.2) is 15.3 Å². The first kappa shape index (κ1) is 15.0. The first-order valence-electron chi connectivity index (χ1n) is 3.43. The van der Waals surface area contributed by atoms with E-state index in [9.17, 15) is 19.2 Å². The molecule has 86 valence electrons. The molecule has 0 spiro atoms. The Morgan fingerprint density at radius 3 is 2.21 bits per heavy atom. The van der Waals surface area contributed by atoms with Crippen LogP contribution in [0.5, 0.6) is 0 Å². The topological polar surface area (TPSA) is 116 Å². The molecule has 10 heteroatoms. The predicted octanol–water partition coefficient (Wildman–Crippen LogP) is -0.469. The summed E-state index contributed by atoms with van der Waals surface area (Å²) in [4.78, 5) is 40.4. The van der Waals surface area contributed by atoms with Crippen molar-refractivity contribution in [3.63, 3.8) is 0 Å². The fraction of sp³-hybridized carbons (Fsp3) is 1.00. The van der Waals surface area contributed by atoms with Gasteiger partial charge >= 0.3 is 11.4 Å². The number of rotatable bonds is 5. The molecule has 0 saturated carbocycles. The average Bonchev–Trinajstić information content (AvgIpc) is 1.98. The van der Waals surface area contributed by atoms with Crippen LogP contribution >= 0.6 is 38.7 Å². The van der Waals surface area contributed by atoms with Gasteiger partial charge in [0.05, 0.1) is 6.61 Å². The van der Waals surface area contributed by atoms with Crippen LogP contribution in [0.15, 0.2) is 0 Å². The quantitative estimate of drug-likeness (QED) is 0.539. The van der Waals surface area contributed by atoms with E-state index in [2.05, 4.69) is 4.52 Å². The van der Waals surface area contributed by atoms with Gasteiger partial charge in [-0.25, -0.2) is 0 Å². The molecule has 0 aliphatic rings. The molecule has 0 aromatic heterocycles. The van der Waals surface area contributed by atoms with Gasteiger partial charge in [-0.3, -0.25) is 4.57 Å². The summed E-state index contributed by atoms with van der Waals surface area (Å²) in [6.07, 6.45) is 0.344. The van der Waals surface area contributed by atoms with Gasteiger partial charge in [-0.15, -0.1) is 7.94 Å². The second-order valence-electron chi connectivity index (χ2n) is 2.36. The van der Waals surface area contributed by atoms with Crippen molar-refractivity contribution in [3.05, 3.63) is 0 Å². The summed E-state index contributed by atoms with van der Waals surface area (Å²) < 4.78 is 12.0. The number of halogens is 2. The minimum atomic E-state index is -5.64. The lowest BCUT2D eigenvalue weighted by Crippen LogP contribution is -2.44. The van der Waals surface area contributed by atoms with Gasteiger partial charge in [0.2, 0.25) is 0 Å². The molecule has 14 heavy (non-hydrogen) atoms. The number of hydrogen-bond acceptors (Lipinski definition) is 5. The second kappa shape index (κ2) is 4.91. The van der Waals surface area contributed by atoms with Crippen LogP contribution in [0.2, 0.25) is 0 Å². The zero-order chi connectivity index (χ0) is 11.6. The maximum atomic E-state index is 11.1. The fourth-order valence-electron chi connectivity index (χ4n) is 0.447. The van der Waals surface area contributed by atoms with Crippen molar-refractivity contribution in [1.82, 2.24) is 0 Å². The summed E-state index contributed by atoms with van der Waals surface area (Å²) in [6.45, 7) is 1.38. The van der Waals surface area contributed by atoms with Crippen LogP contribution in [-0.2, 0) is 9.09 Å². The van der Waals surface area contributed by atoms with Crippen LogP contribution < -0.4 is 14.7 Å². The molecule has 0 aliphatic carbocycles. The van der Waals surface area contributed by atoms with Gasteiger partial charge in [0, 0.05) is 0 Å². The first-order valence-corrected chi connectivity index (χ1v) is 7.31. The van der Waals surface area contributed by atoms with E-state index in [0.717, 1.165) is 0 Å². The molecule has 0 fully saturated rings. The van der Waals surface area contributed by atoms with E-state index in [-0.39, 0.29) is 6.61 Å². The Kier molecular flexibility index (Phi) is 5.28.